The van der Waals surface area contributed by atoms with Gasteiger partial charge in [-0.3, -0.25) is 0 Å². The SMILES string of the molecule is CCNC(C)CCOC1CC(C)CC(C)(C)C1. The van der Waals surface area contributed by atoms with Gasteiger partial charge in [-0.05, 0) is 50.5 Å². The zero-order valence-corrected chi connectivity index (χ0v) is 12.4. The molecule has 0 aromatic heterocycles. The molecule has 0 amide bonds. The number of hydrogen-bond donors (Lipinski definition) is 1. The standard InChI is InChI=1S/C15H31NO/c1-6-16-13(3)7-8-17-14-9-12(2)10-15(4,5)11-14/h12-14,16H,6-11H2,1-5H3. The van der Waals surface area contributed by atoms with Crippen LogP contribution in [-0.4, -0.2) is 25.3 Å². The van der Waals surface area contributed by atoms with E-state index in [1.54, 1.807) is 0 Å². The van der Waals surface area contributed by atoms with Crippen molar-refractivity contribution in [2.24, 2.45) is 11.3 Å². The fourth-order valence-corrected chi connectivity index (χ4v) is 3.25. The van der Waals surface area contributed by atoms with Gasteiger partial charge in [0.25, 0.3) is 0 Å². The highest BCUT2D eigenvalue weighted by atomic mass is 16.5. The van der Waals surface area contributed by atoms with Gasteiger partial charge in [0.2, 0.25) is 0 Å². The van der Waals surface area contributed by atoms with Crippen molar-refractivity contribution in [1.82, 2.24) is 5.32 Å². The summed E-state index contributed by atoms with van der Waals surface area (Å²) in [5.41, 5.74) is 0.468. The van der Waals surface area contributed by atoms with Gasteiger partial charge in [-0.2, -0.15) is 0 Å². The third kappa shape index (κ3) is 5.87. The van der Waals surface area contributed by atoms with E-state index in [1.807, 2.05) is 0 Å². The second-order valence-electron chi connectivity index (χ2n) is 6.65. The largest absolute Gasteiger partial charge is 0.378 e. The topological polar surface area (TPSA) is 21.3 Å². The predicted molar refractivity (Wildman–Crippen MR) is 74.3 cm³/mol. The molecule has 0 saturated heterocycles. The Morgan fingerprint density at radius 3 is 2.65 bits per heavy atom. The molecule has 1 rings (SSSR count). The van der Waals surface area contributed by atoms with Crippen molar-refractivity contribution in [3.05, 3.63) is 0 Å². The van der Waals surface area contributed by atoms with Gasteiger partial charge < -0.3 is 10.1 Å². The van der Waals surface area contributed by atoms with Gasteiger partial charge in [0.15, 0.2) is 0 Å². The van der Waals surface area contributed by atoms with E-state index < -0.39 is 0 Å². The van der Waals surface area contributed by atoms with Crippen LogP contribution in [0.1, 0.15) is 60.3 Å². The van der Waals surface area contributed by atoms with Crippen molar-refractivity contribution in [1.29, 1.82) is 0 Å². The lowest BCUT2D eigenvalue weighted by Gasteiger charge is -2.38. The molecular weight excluding hydrogens is 210 g/mol. The van der Waals surface area contributed by atoms with E-state index >= 15 is 0 Å². The minimum Gasteiger partial charge on any atom is -0.378 e. The summed E-state index contributed by atoms with van der Waals surface area (Å²) in [7, 11) is 0. The van der Waals surface area contributed by atoms with Crippen LogP contribution in [0.15, 0.2) is 0 Å². The Morgan fingerprint density at radius 2 is 2.06 bits per heavy atom. The van der Waals surface area contributed by atoms with Crippen LogP contribution in [0.25, 0.3) is 0 Å². The van der Waals surface area contributed by atoms with Gasteiger partial charge in [0.05, 0.1) is 6.10 Å². The maximum Gasteiger partial charge on any atom is 0.0582 e. The zero-order valence-electron chi connectivity index (χ0n) is 12.4. The van der Waals surface area contributed by atoms with Crippen LogP contribution in [0, 0.1) is 11.3 Å². The number of rotatable bonds is 6. The molecule has 0 heterocycles. The minimum absolute atomic E-state index is 0.468. The fraction of sp³-hybridized carbons (Fsp3) is 1.00. The molecule has 1 aliphatic rings. The van der Waals surface area contributed by atoms with Crippen LogP contribution in [0.2, 0.25) is 0 Å². The second-order valence-corrected chi connectivity index (χ2v) is 6.65. The van der Waals surface area contributed by atoms with E-state index in [0.29, 0.717) is 17.6 Å². The summed E-state index contributed by atoms with van der Waals surface area (Å²) in [4.78, 5) is 0. The maximum absolute atomic E-state index is 6.07. The van der Waals surface area contributed by atoms with Crippen molar-refractivity contribution < 1.29 is 4.74 Å². The fourth-order valence-electron chi connectivity index (χ4n) is 3.25. The average molecular weight is 241 g/mol. The minimum atomic E-state index is 0.468. The van der Waals surface area contributed by atoms with Crippen LogP contribution < -0.4 is 5.32 Å². The normalized spacial score (nSPS) is 30.2. The molecule has 102 valence electrons. The Bertz CT molecular complexity index is 215. The van der Waals surface area contributed by atoms with E-state index in [1.165, 1.54) is 19.3 Å². The summed E-state index contributed by atoms with van der Waals surface area (Å²) in [6.07, 6.45) is 5.44. The third-order valence-corrected chi connectivity index (χ3v) is 3.80. The quantitative estimate of drug-likeness (QED) is 0.767. The molecule has 0 aromatic carbocycles. The molecule has 0 aromatic rings. The molecular formula is C15H31NO. The first-order valence-corrected chi connectivity index (χ1v) is 7.28. The molecule has 3 unspecified atom stereocenters. The molecule has 2 heteroatoms. The Morgan fingerprint density at radius 1 is 1.35 bits per heavy atom. The van der Waals surface area contributed by atoms with Gasteiger partial charge in [-0.25, -0.2) is 0 Å². The Labute approximate surface area is 108 Å². The molecule has 1 fully saturated rings. The molecule has 1 N–H and O–H groups in total. The number of hydrogen-bond acceptors (Lipinski definition) is 2. The molecule has 0 aliphatic heterocycles. The average Bonchev–Trinajstić information content (AvgIpc) is 2.14. The first-order chi connectivity index (χ1) is 7.93. The van der Waals surface area contributed by atoms with Crippen LogP contribution in [-0.2, 0) is 4.74 Å². The van der Waals surface area contributed by atoms with Gasteiger partial charge in [0, 0.05) is 12.6 Å². The van der Waals surface area contributed by atoms with Crippen molar-refractivity contribution >= 4 is 0 Å². The van der Waals surface area contributed by atoms with Crippen LogP contribution in [0.3, 0.4) is 0 Å². The number of ether oxygens (including phenoxy) is 1. The van der Waals surface area contributed by atoms with E-state index in [9.17, 15) is 0 Å². The lowest BCUT2D eigenvalue weighted by molar-refractivity contribution is -0.0252. The number of nitrogens with one attached hydrogen (secondary N) is 1. The molecule has 3 atom stereocenters. The molecule has 1 saturated carbocycles. The molecule has 2 nitrogen and oxygen atoms in total. The van der Waals surface area contributed by atoms with Crippen molar-refractivity contribution in [3.8, 4) is 0 Å². The smallest absolute Gasteiger partial charge is 0.0582 e. The first-order valence-electron chi connectivity index (χ1n) is 7.28. The highest BCUT2D eigenvalue weighted by Crippen LogP contribution is 2.39. The van der Waals surface area contributed by atoms with Crippen LogP contribution in [0.4, 0.5) is 0 Å². The van der Waals surface area contributed by atoms with E-state index in [0.717, 1.165) is 25.5 Å². The lowest BCUT2D eigenvalue weighted by atomic mass is 9.71. The summed E-state index contributed by atoms with van der Waals surface area (Å²) in [6.45, 7) is 13.5. The van der Waals surface area contributed by atoms with Gasteiger partial charge in [0.1, 0.15) is 0 Å². The maximum atomic E-state index is 6.07. The summed E-state index contributed by atoms with van der Waals surface area (Å²) in [5, 5.41) is 3.43. The Kier molecular flexibility index (Phi) is 5.94. The molecule has 1 aliphatic carbocycles. The Balaban J connectivity index is 2.22. The van der Waals surface area contributed by atoms with E-state index in [2.05, 4.69) is 39.9 Å². The lowest BCUT2D eigenvalue weighted by Crippen LogP contribution is -2.34. The molecule has 0 radical (unpaired) electrons. The monoisotopic (exact) mass is 241 g/mol. The van der Waals surface area contributed by atoms with Crippen molar-refractivity contribution in [2.75, 3.05) is 13.2 Å². The molecule has 0 spiro atoms. The predicted octanol–water partition coefficient (Wildman–Crippen LogP) is 3.61. The van der Waals surface area contributed by atoms with Crippen molar-refractivity contribution in [3.63, 3.8) is 0 Å². The van der Waals surface area contributed by atoms with Crippen LogP contribution in [0.5, 0.6) is 0 Å². The zero-order chi connectivity index (χ0) is 12.9. The van der Waals surface area contributed by atoms with Gasteiger partial charge in [-0.1, -0.05) is 27.7 Å². The highest BCUT2D eigenvalue weighted by Gasteiger charge is 2.32. The summed E-state index contributed by atoms with van der Waals surface area (Å²) in [5.74, 6) is 0.815. The second kappa shape index (κ2) is 6.75. The third-order valence-electron chi connectivity index (χ3n) is 3.80. The van der Waals surface area contributed by atoms with Gasteiger partial charge >= 0.3 is 0 Å². The summed E-state index contributed by atoms with van der Waals surface area (Å²) in [6, 6.07) is 0.578. The molecule has 0 bridgehead atoms. The summed E-state index contributed by atoms with van der Waals surface area (Å²) < 4.78 is 6.07. The van der Waals surface area contributed by atoms with E-state index in [4.69, 9.17) is 4.74 Å². The summed E-state index contributed by atoms with van der Waals surface area (Å²) >= 11 is 0. The Hall–Kier alpha value is -0.0800. The van der Waals surface area contributed by atoms with Gasteiger partial charge in [-0.15, -0.1) is 0 Å². The highest BCUT2D eigenvalue weighted by molar-refractivity contribution is 4.83. The first kappa shape index (κ1) is 15.0. The van der Waals surface area contributed by atoms with E-state index in [-0.39, 0.29) is 0 Å². The van der Waals surface area contributed by atoms with Crippen LogP contribution >= 0.6 is 0 Å². The molecule has 17 heavy (non-hydrogen) atoms. The van der Waals surface area contributed by atoms with Crippen molar-refractivity contribution in [2.45, 2.75) is 72.4 Å².